The van der Waals surface area contributed by atoms with Crippen molar-refractivity contribution < 1.29 is 14.3 Å². The Morgan fingerprint density at radius 3 is 3.00 bits per heavy atom. The molecule has 0 amide bonds. The van der Waals surface area contributed by atoms with Crippen LogP contribution in [-0.4, -0.2) is 45.8 Å². The minimum Gasteiger partial charge on any atom is -0.468 e. The van der Waals surface area contributed by atoms with Crippen LogP contribution in [0.25, 0.3) is 10.2 Å². The number of aryl methyl sites for hydroxylation is 2. The minimum absolute atomic E-state index is 0.130. The van der Waals surface area contributed by atoms with Gasteiger partial charge in [-0.2, -0.15) is 0 Å². The monoisotopic (exact) mass is 403 g/mol. The van der Waals surface area contributed by atoms with Crippen molar-refractivity contribution in [2.45, 2.75) is 33.0 Å². The van der Waals surface area contributed by atoms with Crippen LogP contribution in [0.3, 0.4) is 0 Å². The lowest BCUT2D eigenvalue weighted by Gasteiger charge is -2.23. The number of H-pyrrole nitrogens is 1. The molecule has 3 heterocycles. The van der Waals surface area contributed by atoms with Crippen molar-refractivity contribution >= 4 is 21.6 Å². The number of aliphatic hydroxyl groups is 1. The molecular formula is C20H25N3O4S. The number of fused-ring (bicyclic) bond motifs is 1. The molecule has 1 unspecified atom stereocenters. The van der Waals surface area contributed by atoms with Crippen LogP contribution in [0.1, 0.15) is 22.0 Å². The van der Waals surface area contributed by atoms with Gasteiger partial charge in [0.15, 0.2) is 0 Å². The molecule has 7 nitrogen and oxygen atoms in total. The largest absolute Gasteiger partial charge is 0.468 e. The quantitative estimate of drug-likeness (QED) is 0.400. The van der Waals surface area contributed by atoms with Gasteiger partial charge in [0.1, 0.15) is 16.4 Å². The van der Waals surface area contributed by atoms with Gasteiger partial charge in [0, 0.05) is 11.4 Å². The van der Waals surface area contributed by atoms with Crippen LogP contribution >= 0.6 is 11.3 Å². The van der Waals surface area contributed by atoms with Gasteiger partial charge in [-0.3, -0.25) is 9.69 Å². The molecule has 0 spiro atoms. The fourth-order valence-corrected chi connectivity index (χ4v) is 4.08. The third-order valence-corrected chi connectivity index (χ3v) is 5.54. The molecule has 2 N–H and O–H groups in total. The van der Waals surface area contributed by atoms with Crippen molar-refractivity contribution in [3.63, 3.8) is 0 Å². The number of aliphatic hydroxyl groups excluding tert-OH is 1. The fourth-order valence-electron chi connectivity index (χ4n) is 3.03. The molecule has 0 radical (unpaired) electrons. The molecule has 3 aromatic rings. The van der Waals surface area contributed by atoms with Crippen LogP contribution in [0.4, 0.5) is 0 Å². The predicted molar refractivity (Wildman–Crippen MR) is 110 cm³/mol. The number of furan rings is 1. The molecule has 0 fully saturated rings. The standard InChI is InChI=1S/C20H25N3O4S/c1-4-7-26-12-15(24)9-23(10-16-6-5-8-27-16)11-17-21-19(25)18-13(2)14(3)28-20(18)22-17/h4-6,8,15,24H,1,7,9-12H2,2-3H3,(H,21,22,25). The maximum Gasteiger partial charge on any atom is 0.259 e. The summed E-state index contributed by atoms with van der Waals surface area (Å²) in [5.74, 6) is 1.33. The summed E-state index contributed by atoms with van der Waals surface area (Å²) in [4.78, 5) is 23.8. The summed E-state index contributed by atoms with van der Waals surface area (Å²) < 4.78 is 10.8. The highest BCUT2D eigenvalue weighted by molar-refractivity contribution is 7.18. The maximum atomic E-state index is 12.5. The topological polar surface area (TPSA) is 91.6 Å². The predicted octanol–water partition coefficient (Wildman–Crippen LogP) is 2.76. The van der Waals surface area contributed by atoms with Gasteiger partial charge in [0.25, 0.3) is 5.56 Å². The molecule has 150 valence electrons. The summed E-state index contributed by atoms with van der Waals surface area (Å²) in [5.41, 5.74) is 0.845. The van der Waals surface area contributed by atoms with Gasteiger partial charge in [-0.15, -0.1) is 17.9 Å². The number of ether oxygens (including phenoxy) is 1. The molecule has 0 aliphatic heterocycles. The van der Waals surface area contributed by atoms with E-state index in [9.17, 15) is 9.90 Å². The van der Waals surface area contributed by atoms with Crippen LogP contribution in [0.5, 0.6) is 0 Å². The van der Waals surface area contributed by atoms with E-state index in [0.717, 1.165) is 21.0 Å². The third kappa shape index (κ3) is 4.96. The second-order valence-electron chi connectivity index (χ2n) is 6.70. The van der Waals surface area contributed by atoms with Gasteiger partial charge in [0.05, 0.1) is 44.1 Å². The van der Waals surface area contributed by atoms with Crippen LogP contribution in [0.2, 0.25) is 0 Å². The number of nitrogens with one attached hydrogen (secondary N) is 1. The summed E-state index contributed by atoms with van der Waals surface area (Å²) in [6.07, 6.45) is 2.57. The second kappa shape index (κ2) is 9.29. The molecule has 8 heteroatoms. The number of nitrogens with zero attached hydrogens (tertiary/aromatic N) is 2. The van der Waals surface area contributed by atoms with E-state index in [0.29, 0.717) is 37.5 Å². The van der Waals surface area contributed by atoms with Gasteiger partial charge in [-0.05, 0) is 31.5 Å². The smallest absolute Gasteiger partial charge is 0.259 e. The molecule has 0 aromatic carbocycles. The minimum atomic E-state index is -0.684. The Labute approximate surface area is 167 Å². The van der Waals surface area contributed by atoms with E-state index in [1.165, 1.54) is 11.3 Å². The third-order valence-electron chi connectivity index (χ3n) is 4.44. The SMILES string of the molecule is C=CCOCC(O)CN(Cc1nc2sc(C)c(C)c2c(=O)[nH]1)Cc1ccco1. The lowest BCUT2D eigenvalue weighted by molar-refractivity contribution is 0.0210. The van der Waals surface area contributed by atoms with E-state index >= 15 is 0 Å². The first-order chi connectivity index (χ1) is 13.5. The molecule has 0 saturated carbocycles. The molecule has 0 aliphatic carbocycles. The second-order valence-corrected chi connectivity index (χ2v) is 7.91. The summed E-state index contributed by atoms with van der Waals surface area (Å²) in [7, 11) is 0. The van der Waals surface area contributed by atoms with Crippen LogP contribution < -0.4 is 5.56 Å². The van der Waals surface area contributed by atoms with Crippen molar-refractivity contribution in [2.24, 2.45) is 0 Å². The van der Waals surface area contributed by atoms with Crippen molar-refractivity contribution in [1.82, 2.24) is 14.9 Å². The zero-order chi connectivity index (χ0) is 20.1. The summed E-state index contributed by atoms with van der Waals surface area (Å²) in [6.45, 7) is 9.32. The Morgan fingerprint density at radius 1 is 1.46 bits per heavy atom. The average Bonchev–Trinajstić information content (AvgIpc) is 3.23. The number of aromatic amines is 1. The molecule has 0 saturated heterocycles. The lowest BCUT2D eigenvalue weighted by Crippen LogP contribution is -2.35. The zero-order valence-corrected chi connectivity index (χ0v) is 16.9. The van der Waals surface area contributed by atoms with E-state index in [-0.39, 0.29) is 12.2 Å². The number of rotatable bonds is 10. The first kappa shape index (κ1) is 20.5. The van der Waals surface area contributed by atoms with Crippen molar-refractivity contribution in [3.8, 4) is 0 Å². The van der Waals surface area contributed by atoms with E-state index in [4.69, 9.17) is 9.15 Å². The Kier molecular flexibility index (Phi) is 6.79. The van der Waals surface area contributed by atoms with E-state index < -0.39 is 6.10 Å². The van der Waals surface area contributed by atoms with Gasteiger partial charge in [-0.1, -0.05) is 6.08 Å². The lowest BCUT2D eigenvalue weighted by atomic mass is 10.2. The van der Waals surface area contributed by atoms with Crippen LogP contribution in [0, 0.1) is 13.8 Å². The highest BCUT2D eigenvalue weighted by atomic mass is 32.1. The van der Waals surface area contributed by atoms with E-state index in [1.54, 1.807) is 12.3 Å². The average molecular weight is 404 g/mol. The Bertz CT molecular complexity index is 977. The van der Waals surface area contributed by atoms with Gasteiger partial charge < -0.3 is 19.2 Å². The molecule has 1 atom stereocenters. The molecule has 0 bridgehead atoms. The first-order valence-electron chi connectivity index (χ1n) is 9.08. The zero-order valence-electron chi connectivity index (χ0n) is 16.1. The van der Waals surface area contributed by atoms with Crippen molar-refractivity contribution in [3.05, 3.63) is 63.4 Å². The highest BCUT2D eigenvalue weighted by Crippen LogP contribution is 2.25. The van der Waals surface area contributed by atoms with Gasteiger partial charge in [-0.25, -0.2) is 4.98 Å². The Balaban J connectivity index is 1.79. The van der Waals surface area contributed by atoms with Crippen LogP contribution in [0.15, 0.2) is 40.3 Å². The molecular weight excluding hydrogens is 378 g/mol. The Morgan fingerprint density at radius 2 is 2.29 bits per heavy atom. The van der Waals surface area contributed by atoms with E-state index in [2.05, 4.69) is 16.5 Å². The number of hydrogen-bond donors (Lipinski definition) is 2. The highest BCUT2D eigenvalue weighted by Gasteiger charge is 2.17. The molecule has 3 aromatic heterocycles. The number of thiophene rings is 1. The van der Waals surface area contributed by atoms with Crippen molar-refractivity contribution in [2.75, 3.05) is 19.8 Å². The van der Waals surface area contributed by atoms with Crippen molar-refractivity contribution in [1.29, 1.82) is 0 Å². The fraction of sp³-hybridized carbons (Fsp3) is 0.400. The summed E-state index contributed by atoms with van der Waals surface area (Å²) >= 11 is 1.52. The maximum absolute atomic E-state index is 12.5. The van der Waals surface area contributed by atoms with Gasteiger partial charge in [0.2, 0.25) is 0 Å². The molecule has 28 heavy (non-hydrogen) atoms. The number of aromatic nitrogens is 2. The van der Waals surface area contributed by atoms with Gasteiger partial charge >= 0.3 is 0 Å². The first-order valence-corrected chi connectivity index (χ1v) is 9.90. The molecule has 0 aliphatic rings. The summed E-state index contributed by atoms with van der Waals surface area (Å²) in [5, 5.41) is 11.0. The summed E-state index contributed by atoms with van der Waals surface area (Å²) in [6, 6.07) is 3.69. The van der Waals surface area contributed by atoms with Crippen LogP contribution in [-0.2, 0) is 17.8 Å². The normalized spacial score (nSPS) is 12.7. The van der Waals surface area contributed by atoms with E-state index in [1.807, 2.05) is 30.9 Å². The Hall–Kier alpha value is -2.26. The molecule has 3 rings (SSSR count). The number of hydrogen-bond acceptors (Lipinski definition) is 7.